The van der Waals surface area contributed by atoms with Crippen LogP contribution in [0.25, 0.3) is 10.8 Å². The smallest absolute Gasteiger partial charge is 0.272 e. The van der Waals surface area contributed by atoms with Crippen molar-refractivity contribution >= 4 is 16.7 Å². The van der Waals surface area contributed by atoms with Crippen molar-refractivity contribution in [3.05, 3.63) is 42.2 Å². The summed E-state index contributed by atoms with van der Waals surface area (Å²) in [6.07, 6.45) is 8.60. The lowest BCUT2D eigenvalue weighted by Crippen LogP contribution is -2.52. The van der Waals surface area contributed by atoms with Gasteiger partial charge < -0.3 is 4.90 Å². The van der Waals surface area contributed by atoms with E-state index in [1.807, 2.05) is 35.2 Å². The van der Waals surface area contributed by atoms with Crippen molar-refractivity contribution in [1.29, 1.82) is 0 Å². The molecule has 1 saturated heterocycles. The van der Waals surface area contributed by atoms with Crippen molar-refractivity contribution < 1.29 is 4.79 Å². The number of carbonyl (C=O) groups excluding carboxylic acids is 1. The second-order valence-electron chi connectivity index (χ2n) is 7.04. The van der Waals surface area contributed by atoms with E-state index in [4.69, 9.17) is 0 Å². The van der Waals surface area contributed by atoms with Gasteiger partial charge in [0, 0.05) is 43.8 Å². The fourth-order valence-corrected chi connectivity index (χ4v) is 4.10. The maximum Gasteiger partial charge on any atom is 0.272 e. The van der Waals surface area contributed by atoms with Crippen LogP contribution in [0.2, 0.25) is 0 Å². The zero-order valence-electron chi connectivity index (χ0n) is 14.2. The van der Waals surface area contributed by atoms with E-state index >= 15 is 0 Å². The highest BCUT2D eigenvalue weighted by atomic mass is 16.2. The predicted octanol–water partition coefficient (Wildman–Crippen LogP) is 3.33. The normalized spacial score (nSPS) is 20.4. The number of hydrogen-bond acceptors (Lipinski definition) is 3. The molecule has 1 saturated carbocycles. The van der Waals surface area contributed by atoms with E-state index in [0.717, 1.165) is 43.0 Å². The van der Waals surface area contributed by atoms with Crippen molar-refractivity contribution in [2.75, 3.05) is 26.2 Å². The van der Waals surface area contributed by atoms with E-state index < -0.39 is 0 Å². The van der Waals surface area contributed by atoms with Gasteiger partial charge in [-0.25, -0.2) is 0 Å². The SMILES string of the molecule is O=C(c1cc2ccccc2cn1)N1CCN(C2CCCCC2)CC1. The Balaban J connectivity index is 1.41. The van der Waals surface area contributed by atoms with Crippen LogP contribution in [0.15, 0.2) is 36.5 Å². The Kier molecular flexibility index (Phi) is 4.48. The molecule has 0 bridgehead atoms. The van der Waals surface area contributed by atoms with E-state index in [1.54, 1.807) is 6.20 Å². The van der Waals surface area contributed by atoms with Crippen molar-refractivity contribution in [2.45, 2.75) is 38.1 Å². The molecule has 2 aliphatic rings. The minimum atomic E-state index is 0.0732. The van der Waals surface area contributed by atoms with E-state index in [9.17, 15) is 4.79 Å². The average Bonchev–Trinajstić information content (AvgIpc) is 2.68. The summed E-state index contributed by atoms with van der Waals surface area (Å²) in [5, 5.41) is 2.16. The Bertz CT molecular complexity index is 716. The topological polar surface area (TPSA) is 36.4 Å². The molecule has 4 rings (SSSR count). The van der Waals surface area contributed by atoms with Gasteiger partial charge in [0.15, 0.2) is 0 Å². The molecule has 0 spiro atoms. The molecule has 2 aromatic rings. The molecule has 1 amide bonds. The Morgan fingerprint density at radius 3 is 2.42 bits per heavy atom. The Morgan fingerprint density at radius 1 is 0.958 bits per heavy atom. The lowest BCUT2D eigenvalue weighted by molar-refractivity contribution is 0.0518. The van der Waals surface area contributed by atoms with Crippen LogP contribution in [-0.2, 0) is 0 Å². The molecule has 1 aliphatic heterocycles. The first-order valence-corrected chi connectivity index (χ1v) is 9.19. The van der Waals surface area contributed by atoms with Crippen LogP contribution in [-0.4, -0.2) is 52.9 Å². The number of pyridine rings is 1. The number of hydrogen-bond donors (Lipinski definition) is 0. The van der Waals surface area contributed by atoms with Gasteiger partial charge in [-0.15, -0.1) is 0 Å². The third kappa shape index (κ3) is 3.16. The van der Waals surface area contributed by atoms with Gasteiger partial charge in [0.1, 0.15) is 5.69 Å². The van der Waals surface area contributed by atoms with Crippen LogP contribution in [0.1, 0.15) is 42.6 Å². The summed E-state index contributed by atoms with van der Waals surface area (Å²) in [7, 11) is 0. The molecule has 0 atom stereocenters. The molecule has 2 fully saturated rings. The quantitative estimate of drug-likeness (QED) is 0.850. The molecular formula is C20H25N3O. The zero-order chi connectivity index (χ0) is 16.4. The molecule has 126 valence electrons. The van der Waals surface area contributed by atoms with Gasteiger partial charge in [0.2, 0.25) is 0 Å². The van der Waals surface area contributed by atoms with Crippen molar-refractivity contribution in [3.8, 4) is 0 Å². The predicted molar refractivity (Wildman–Crippen MR) is 96.1 cm³/mol. The van der Waals surface area contributed by atoms with Gasteiger partial charge in [-0.2, -0.15) is 0 Å². The van der Waals surface area contributed by atoms with Crippen molar-refractivity contribution in [1.82, 2.24) is 14.8 Å². The molecule has 0 radical (unpaired) electrons. The second-order valence-corrected chi connectivity index (χ2v) is 7.04. The molecule has 0 unspecified atom stereocenters. The molecule has 1 aliphatic carbocycles. The number of amides is 1. The third-order valence-electron chi connectivity index (χ3n) is 5.54. The summed E-state index contributed by atoms with van der Waals surface area (Å²) in [4.78, 5) is 21.7. The number of carbonyl (C=O) groups is 1. The molecule has 4 heteroatoms. The molecule has 1 aromatic carbocycles. The summed E-state index contributed by atoms with van der Waals surface area (Å²) in [5.41, 5.74) is 0.569. The van der Waals surface area contributed by atoms with Crippen LogP contribution in [0, 0.1) is 0 Å². The fourth-order valence-electron chi connectivity index (χ4n) is 4.10. The molecule has 24 heavy (non-hydrogen) atoms. The third-order valence-corrected chi connectivity index (χ3v) is 5.54. The highest BCUT2D eigenvalue weighted by Gasteiger charge is 2.27. The Hall–Kier alpha value is -1.94. The number of piperazine rings is 1. The van der Waals surface area contributed by atoms with Crippen LogP contribution < -0.4 is 0 Å². The summed E-state index contributed by atoms with van der Waals surface area (Å²) in [6.45, 7) is 3.65. The van der Waals surface area contributed by atoms with Crippen LogP contribution in [0.5, 0.6) is 0 Å². The Labute approximate surface area is 143 Å². The lowest BCUT2D eigenvalue weighted by atomic mass is 9.94. The standard InChI is InChI=1S/C20H25N3O/c24-20(19-14-16-6-4-5-7-17(16)15-21-19)23-12-10-22(11-13-23)18-8-2-1-3-9-18/h4-7,14-15,18H,1-3,8-13H2. The monoisotopic (exact) mass is 323 g/mol. The maximum absolute atomic E-state index is 12.8. The summed E-state index contributed by atoms with van der Waals surface area (Å²) >= 11 is 0. The minimum Gasteiger partial charge on any atom is -0.335 e. The van der Waals surface area contributed by atoms with E-state index in [2.05, 4.69) is 9.88 Å². The Morgan fingerprint density at radius 2 is 1.67 bits per heavy atom. The van der Waals surface area contributed by atoms with E-state index in [-0.39, 0.29) is 5.91 Å². The summed E-state index contributed by atoms with van der Waals surface area (Å²) < 4.78 is 0. The van der Waals surface area contributed by atoms with Gasteiger partial charge in [0.25, 0.3) is 5.91 Å². The number of benzene rings is 1. The van der Waals surface area contributed by atoms with Crippen LogP contribution >= 0.6 is 0 Å². The van der Waals surface area contributed by atoms with Crippen molar-refractivity contribution in [3.63, 3.8) is 0 Å². The zero-order valence-corrected chi connectivity index (χ0v) is 14.2. The van der Waals surface area contributed by atoms with Crippen LogP contribution in [0.4, 0.5) is 0 Å². The molecule has 2 heterocycles. The maximum atomic E-state index is 12.8. The number of rotatable bonds is 2. The fraction of sp³-hybridized carbons (Fsp3) is 0.500. The van der Waals surface area contributed by atoms with E-state index in [1.165, 1.54) is 32.1 Å². The summed E-state index contributed by atoms with van der Waals surface area (Å²) in [6, 6.07) is 10.7. The molecular weight excluding hydrogens is 298 g/mol. The molecule has 1 aromatic heterocycles. The highest BCUT2D eigenvalue weighted by Crippen LogP contribution is 2.24. The van der Waals surface area contributed by atoms with Gasteiger partial charge in [-0.1, -0.05) is 43.5 Å². The van der Waals surface area contributed by atoms with Gasteiger partial charge >= 0.3 is 0 Å². The summed E-state index contributed by atoms with van der Waals surface area (Å²) in [5.74, 6) is 0.0732. The first kappa shape index (κ1) is 15.6. The molecule has 0 N–H and O–H groups in total. The average molecular weight is 323 g/mol. The van der Waals surface area contributed by atoms with Gasteiger partial charge in [-0.05, 0) is 24.3 Å². The number of aromatic nitrogens is 1. The van der Waals surface area contributed by atoms with Gasteiger partial charge in [0.05, 0.1) is 0 Å². The van der Waals surface area contributed by atoms with Crippen LogP contribution in [0.3, 0.4) is 0 Å². The van der Waals surface area contributed by atoms with Crippen molar-refractivity contribution in [2.24, 2.45) is 0 Å². The number of fused-ring (bicyclic) bond motifs is 1. The van der Waals surface area contributed by atoms with Gasteiger partial charge in [-0.3, -0.25) is 14.7 Å². The number of nitrogens with zero attached hydrogens (tertiary/aromatic N) is 3. The second kappa shape index (κ2) is 6.89. The first-order chi connectivity index (χ1) is 11.8. The lowest BCUT2D eigenvalue weighted by Gasteiger charge is -2.40. The minimum absolute atomic E-state index is 0.0732. The highest BCUT2D eigenvalue weighted by molar-refractivity contribution is 5.96. The molecule has 4 nitrogen and oxygen atoms in total. The largest absolute Gasteiger partial charge is 0.335 e. The van der Waals surface area contributed by atoms with E-state index in [0.29, 0.717) is 5.69 Å². The first-order valence-electron chi connectivity index (χ1n) is 9.19.